The highest BCUT2D eigenvalue weighted by atomic mass is 16.5. The Morgan fingerprint density at radius 2 is 1.76 bits per heavy atom. The standard InChI is InChI=1S/C19H22O2/c1-5-17(20)16-11-6-7-12-18(16)21-15-10-8-9-14(13-15)19(2,3)4/h6-13H,5H2,1-4H3. The monoisotopic (exact) mass is 282 g/mol. The second kappa shape index (κ2) is 6.13. The summed E-state index contributed by atoms with van der Waals surface area (Å²) in [7, 11) is 0. The molecule has 110 valence electrons. The summed E-state index contributed by atoms with van der Waals surface area (Å²) in [5.41, 5.74) is 1.92. The molecule has 0 radical (unpaired) electrons. The van der Waals surface area contributed by atoms with Crippen molar-refractivity contribution in [3.8, 4) is 11.5 Å². The number of carbonyl (C=O) groups excluding carboxylic acids is 1. The Morgan fingerprint density at radius 3 is 2.43 bits per heavy atom. The molecule has 2 nitrogen and oxygen atoms in total. The van der Waals surface area contributed by atoms with Crippen molar-refractivity contribution in [1.29, 1.82) is 0 Å². The number of rotatable bonds is 4. The normalized spacial score (nSPS) is 11.2. The minimum atomic E-state index is 0.0676. The maximum absolute atomic E-state index is 12.0. The molecule has 0 bridgehead atoms. The Hall–Kier alpha value is -2.09. The van der Waals surface area contributed by atoms with E-state index in [1.54, 1.807) is 0 Å². The van der Waals surface area contributed by atoms with Crippen LogP contribution in [0, 0.1) is 0 Å². The van der Waals surface area contributed by atoms with Crippen molar-refractivity contribution in [2.75, 3.05) is 0 Å². The van der Waals surface area contributed by atoms with Crippen molar-refractivity contribution in [2.45, 2.75) is 39.5 Å². The van der Waals surface area contributed by atoms with Gasteiger partial charge >= 0.3 is 0 Å². The van der Waals surface area contributed by atoms with Crippen LogP contribution in [-0.4, -0.2) is 5.78 Å². The zero-order chi connectivity index (χ0) is 15.5. The van der Waals surface area contributed by atoms with E-state index >= 15 is 0 Å². The molecule has 2 aromatic rings. The van der Waals surface area contributed by atoms with Gasteiger partial charge in [-0.25, -0.2) is 0 Å². The van der Waals surface area contributed by atoms with Gasteiger partial charge in [-0.2, -0.15) is 0 Å². The van der Waals surface area contributed by atoms with E-state index in [4.69, 9.17) is 4.74 Å². The van der Waals surface area contributed by atoms with Gasteiger partial charge < -0.3 is 4.74 Å². The van der Waals surface area contributed by atoms with Crippen molar-refractivity contribution in [2.24, 2.45) is 0 Å². The molecular weight excluding hydrogens is 260 g/mol. The number of hydrogen-bond acceptors (Lipinski definition) is 2. The summed E-state index contributed by atoms with van der Waals surface area (Å²) in [5.74, 6) is 1.48. The van der Waals surface area contributed by atoms with Gasteiger partial charge in [0.15, 0.2) is 5.78 Å². The highest BCUT2D eigenvalue weighted by Gasteiger charge is 2.15. The average molecular weight is 282 g/mol. The van der Waals surface area contributed by atoms with Gasteiger partial charge in [-0.1, -0.05) is 52.0 Å². The van der Waals surface area contributed by atoms with E-state index < -0.39 is 0 Å². The Bertz CT molecular complexity index is 636. The number of hydrogen-bond donors (Lipinski definition) is 0. The van der Waals surface area contributed by atoms with Crippen LogP contribution in [0.4, 0.5) is 0 Å². The molecule has 0 aliphatic carbocycles. The van der Waals surface area contributed by atoms with E-state index in [1.807, 2.05) is 49.4 Å². The number of ether oxygens (including phenoxy) is 1. The molecule has 2 aromatic carbocycles. The SMILES string of the molecule is CCC(=O)c1ccccc1Oc1cccc(C(C)(C)C)c1. The van der Waals surface area contributed by atoms with Crippen LogP contribution in [0.5, 0.6) is 11.5 Å². The predicted molar refractivity (Wildman–Crippen MR) is 86.3 cm³/mol. The van der Waals surface area contributed by atoms with Crippen molar-refractivity contribution in [3.63, 3.8) is 0 Å². The first-order valence-electron chi connectivity index (χ1n) is 7.32. The third kappa shape index (κ3) is 3.72. The zero-order valence-electron chi connectivity index (χ0n) is 13.1. The van der Waals surface area contributed by atoms with Crippen LogP contribution >= 0.6 is 0 Å². The van der Waals surface area contributed by atoms with E-state index in [0.717, 1.165) is 5.75 Å². The lowest BCUT2D eigenvalue weighted by molar-refractivity contribution is 0.0986. The summed E-state index contributed by atoms with van der Waals surface area (Å²) >= 11 is 0. The van der Waals surface area contributed by atoms with Gasteiger partial charge in [-0.05, 0) is 35.2 Å². The van der Waals surface area contributed by atoms with Crippen LogP contribution in [0.1, 0.15) is 50.0 Å². The fourth-order valence-corrected chi connectivity index (χ4v) is 2.13. The largest absolute Gasteiger partial charge is 0.457 e. The zero-order valence-corrected chi connectivity index (χ0v) is 13.1. The molecule has 2 heteroatoms. The Labute approximate surface area is 126 Å². The lowest BCUT2D eigenvalue weighted by Crippen LogP contribution is -2.10. The van der Waals surface area contributed by atoms with Crippen molar-refractivity contribution < 1.29 is 9.53 Å². The fourth-order valence-electron chi connectivity index (χ4n) is 2.13. The van der Waals surface area contributed by atoms with Crippen molar-refractivity contribution >= 4 is 5.78 Å². The molecule has 0 amide bonds. The number of carbonyl (C=O) groups is 1. The number of ketones is 1. The minimum Gasteiger partial charge on any atom is -0.457 e. The summed E-state index contributed by atoms with van der Waals surface area (Å²) in [6.07, 6.45) is 0.475. The highest BCUT2D eigenvalue weighted by Crippen LogP contribution is 2.30. The lowest BCUT2D eigenvalue weighted by Gasteiger charge is -2.20. The Morgan fingerprint density at radius 1 is 1.05 bits per heavy atom. The fraction of sp³-hybridized carbons (Fsp3) is 0.316. The van der Waals surface area contributed by atoms with E-state index in [-0.39, 0.29) is 11.2 Å². The first-order chi connectivity index (χ1) is 9.91. The number of benzene rings is 2. The second-order valence-corrected chi connectivity index (χ2v) is 6.15. The van der Waals surface area contributed by atoms with Gasteiger partial charge in [0.25, 0.3) is 0 Å². The molecule has 0 aromatic heterocycles. The first kappa shape index (κ1) is 15.3. The predicted octanol–water partition coefficient (Wildman–Crippen LogP) is 5.37. The molecule has 0 spiro atoms. The number of para-hydroxylation sites is 1. The van der Waals surface area contributed by atoms with E-state index in [9.17, 15) is 4.79 Å². The molecule has 0 aliphatic rings. The van der Waals surface area contributed by atoms with Crippen LogP contribution in [0.15, 0.2) is 48.5 Å². The molecule has 0 aliphatic heterocycles. The van der Waals surface area contributed by atoms with Gasteiger partial charge in [-0.3, -0.25) is 4.79 Å². The third-order valence-corrected chi connectivity index (χ3v) is 3.44. The minimum absolute atomic E-state index is 0.0676. The van der Waals surface area contributed by atoms with E-state index in [0.29, 0.717) is 17.7 Å². The molecule has 0 heterocycles. The second-order valence-electron chi connectivity index (χ2n) is 6.15. The first-order valence-corrected chi connectivity index (χ1v) is 7.32. The van der Waals surface area contributed by atoms with Crippen LogP contribution < -0.4 is 4.74 Å². The lowest BCUT2D eigenvalue weighted by atomic mass is 9.87. The molecule has 2 rings (SSSR count). The van der Waals surface area contributed by atoms with Gasteiger partial charge in [0, 0.05) is 6.42 Å². The molecule has 21 heavy (non-hydrogen) atoms. The van der Waals surface area contributed by atoms with Crippen molar-refractivity contribution in [3.05, 3.63) is 59.7 Å². The maximum atomic E-state index is 12.0. The van der Waals surface area contributed by atoms with Crippen LogP contribution in [0.2, 0.25) is 0 Å². The molecule has 0 unspecified atom stereocenters. The van der Waals surface area contributed by atoms with Crippen LogP contribution in [0.3, 0.4) is 0 Å². The molecule has 0 fully saturated rings. The summed E-state index contributed by atoms with van der Waals surface area (Å²) in [4.78, 5) is 12.0. The summed E-state index contributed by atoms with van der Waals surface area (Å²) < 4.78 is 5.95. The quantitative estimate of drug-likeness (QED) is 0.705. The summed E-state index contributed by atoms with van der Waals surface area (Å²) in [5, 5.41) is 0. The van der Waals surface area contributed by atoms with Crippen molar-refractivity contribution in [1.82, 2.24) is 0 Å². The van der Waals surface area contributed by atoms with Gasteiger partial charge in [0.2, 0.25) is 0 Å². The van der Waals surface area contributed by atoms with Gasteiger partial charge in [0.1, 0.15) is 11.5 Å². The molecular formula is C19H22O2. The smallest absolute Gasteiger partial charge is 0.166 e. The average Bonchev–Trinajstić information content (AvgIpc) is 2.46. The van der Waals surface area contributed by atoms with Gasteiger partial charge in [-0.15, -0.1) is 0 Å². The van der Waals surface area contributed by atoms with Gasteiger partial charge in [0.05, 0.1) is 5.56 Å². The number of Topliss-reactive ketones (excluding diaryl/α,β-unsaturated/α-hetero) is 1. The summed E-state index contributed by atoms with van der Waals surface area (Å²) in [6, 6.07) is 15.4. The van der Waals surface area contributed by atoms with E-state index in [1.165, 1.54) is 5.56 Å². The highest BCUT2D eigenvalue weighted by molar-refractivity contribution is 5.98. The Balaban J connectivity index is 2.33. The third-order valence-electron chi connectivity index (χ3n) is 3.44. The molecule has 0 saturated carbocycles. The molecule has 0 saturated heterocycles. The molecule has 0 N–H and O–H groups in total. The summed E-state index contributed by atoms with van der Waals surface area (Å²) in [6.45, 7) is 8.36. The Kier molecular flexibility index (Phi) is 4.46. The molecule has 0 atom stereocenters. The van der Waals surface area contributed by atoms with Crippen LogP contribution in [-0.2, 0) is 5.41 Å². The van der Waals surface area contributed by atoms with E-state index in [2.05, 4.69) is 26.8 Å². The topological polar surface area (TPSA) is 26.3 Å². The maximum Gasteiger partial charge on any atom is 0.166 e. The van der Waals surface area contributed by atoms with Crippen LogP contribution in [0.25, 0.3) is 0 Å².